The van der Waals surface area contributed by atoms with Crippen LogP contribution in [0.1, 0.15) is 20.3 Å². The maximum atomic E-state index is 12.0. The summed E-state index contributed by atoms with van der Waals surface area (Å²) in [5, 5.41) is 8.05. The molecule has 0 radical (unpaired) electrons. The molecule has 1 heterocycles. The van der Waals surface area contributed by atoms with E-state index >= 15 is 0 Å². The minimum atomic E-state index is -0.527. The van der Waals surface area contributed by atoms with Crippen LogP contribution in [0.2, 0.25) is 0 Å². The van der Waals surface area contributed by atoms with Crippen molar-refractivity contribution in [3.05, 3.63) is 51.2 Å². The molecule has 0 atom stereocenters. The molecule has 0 fully saturated rings. The van der Waals surface area contributed by atoms with Crippen molar-refractivity contribution in [2.24, 2.45) is 5.10 Å². The van der Waals surface area contributed by atoms with Gasteiger partial charge in [-0.3, -0.25) is 14.4 Å². The summed E-state index contributed by atoms with van der Waals surface area (Å²) >= 11 is 3.36. The molecule has 142 valence electrons. The molecule has 0 saturated heterocycles. The molecule has 0 aliphatic carbocycles. The third-order valence-electron chi connectivity index (χ3n) is 3.38. The second-order valence-corrected chi connectivity index (χ2v) is 6.50. The van der Waals surface area contributed by atoms with E-state index in [9.17, 15) is 14.4 Å². The average Bonchev–Trinajstić information content (AvgIpc) is 2.63. The molecule has 1 aromatic heterocycles. The fraction of sp³-hybridized carbons (Fsp3) is 0.278. The molecule has 0 aliphatic heterocycles. The number of halogens is 1. The molecule has 9 heteroatoms. The number of carbonyl (C=O) groups excluding carboxylic acids is 2. The van der Waals surface area contributed by atoms with Crippen LogP contribution in [0.5, 0.6) is 0 Å². The number of aromatic nitrogens is 2. The number of nitrogens with one attached hydrogen (secondary N) is 1. The first kappa shape index (κ1) is 20.5. The zero-order chi connectivity index (χ0) is 19.8. The highest BCUT2D eigenvalue weighted by molar-refractivity contribution is 9.10. The first-order valence-electron chi connectivity index (χ1n) is 8.20. The number of benzene rings is 1. The molecule has 0 unspecified atom stereocenters. The summed E-state index contributed by atoms with van der Waals surface area (Å²) in [6.45, 7) is 3.29. The Morgan fingerprint density at radius 3 is 2.59 bits per heavy atom. The van der Waals surface area contributed by atoms with Crippen molar-refractivity contribution < 1.29 is 14.3 Å². The smallest absolute Gasteiger partial charge is 0.311 e. The van der Waals surface area contributed by atoms with Gasteiger partial charge in [-0.05, 0) is 32.0 Å². The van der Waals surface area contributed by atoms with E-state index in [0.717, 1.165) is 14.7 Å². The highest BCUT2D eigenvalue weighted by atomic mass is 79.9. The van der Waals surface area contributed by atoms with Gasteiger partial charge in [0.05, 0.1) is 18.7 Å². The van der Waals surface area contributed by atoms with E-state index in [1.165, 1.54) is 6.07 Å². The Kier molecular flexibility index (Phi) is 7.42. The fourth-order valence-corrected chi connectivity index (χ4v) is 2.39. The topological polar surface area (TPSA) is 103 Å². The van der Waals surface area contributed by atoms with Crippen molar-refractivity contribution in [2.45, 2.75) is 26.8 Å². The molecule has 0 spiro atoms. The van der Waals surface area contributed by atoms with Gasteiger partial charge in [-0.25, -0.2) is 10.1 Å². The number of hydrazone groups is 1. The van der Waals surface area contributed by atoms with E-state index in [1.807, 2.05) is 24.3 Å². The number of esters is 1. The highest BCUT2D eigenvalue weighted by Gasteiger charge is 2.09. The number of ether oxygens (including phenoxy) is 1. The quantitative estimate of drug-likeness (QED) is 0.408. The summed E-state index contributed by atoms with van der Waals surface area (Å²) < 4.78 is 6.79. The van der Waals surface area contributed by atoms with Crippen LogP contribution >= 0.6 is 15.9 Å². The largest absolute Gasteiger partial charge is 0.466 e. The van der Waals surface area contributed by atoms with E-state index in [4.69, 9.17) is 4.74 Å². The van der Waals surface area contributed by atoms with Crippen molar-refractivity contribution in [3.8, 4) is 11.3 Å². The van der Waals surface area contributed by atoms with Gasteiger partial charge in [0.25, 0.3) is 11.5 Å². The molecule has 1 N–H and O–H groups in total. The van der Waals surface area contributed by atoms with Crippen LogP contribution in [0.3, 0.4) is 0 Å². The Morgan fingerprint density at radius 2 is 1.93 bits per heavy atom. The summed E-state index contributed by atoms with van der Waals surface area (Å²) in [5.74, 6) is -0.950. The molecule has 1 amide bonds. The van der Waals surface area contributed by atoms with E-state index < -0.39 is 17.4 Å². The molecule has 0 bridgehead atoms. The average molecular weight is 435 g/mol. The summed E-state index contributed by atoms with van der Waals surface area (Å²) in [4.78, 5) is 35.3. The van der Waals surface area contributed by atoms with Crippen molar-refractivity contribution in [2.75, 3.05) is 6.61 Å². The number of hydrogen-bond acceptors (Lipinski definition) is 6. The highest BCUT2D eigenvalue weighted by Crippen LogP contribution is 2.18. The maximum Gasteiger partial charge on any atom is 0.311 e. The van der Waals surface area contributed by atoms with Crippen LogP contribution in [-0.4, -0.2) is 34.0 Å². The van der Waals surface area contributed by atoms with Crippen LogP contribution < -0.4 is 11.0 Å². The summed E-state index contributed by atoms with van der Waals surface area (Å²) in [6.07, 6.45) is -0.0225. The first-order chi connectivity index (χ1) is 12.9. The van der Waals surface area contributed by atoms with E-state index in [0.29, 0.717) is 11.4 Å². The third kappa shape index (κ3) is 6.45. The molecule has 8 nitrogen and oxygen atoms in total. The molecule has 2 aromatic rings. The molecule has 27 heavy (non-hydrogen) atoms. The predicted molar refractivity (Wildman–Crippen MR) is 104 cm³/mol. The Morgan fingerprint density at radius 1 is 1.22 bits per heavy atom. The van der Waals surface area contributed by atoms with Crippen molar-refractivity contribution in [3.63, 3.8) is 0 Å². The van der Waals surface area contributed by atoms with Gasteiger partial charge in [0.2, 0.25) is 0 Å². The van der Waals surface area contributed by atoms with Crippen LogP contribution in [0, 0.1) is 0 Å². The standard InChI is InChI=1S/C18H19BrN4O4/c1-3-27-18(26)10-12(2)20-21-16(24)11-23-17(25)9-8-15(22-23)13-4-6-14(19)7-5-13/h4-9H,3,10-11H2,1-2H3,(H,21,24)/b20-12+. The lowest BCUT2D eigenvalue weighted by atomic mass is 10.1. The Labute approximate surface area is 164 Å². The number of hydrogen-bond donors (Lipinski definition) is 1. The van der Waals surface area contributed by atoms with Crippen molar-refractivity contribution in [1.82, 2.24) is 15.2 Å². The number of rotatable bonds is 7. The molecular formula is C18H19BrN4O4. The van der Waals surface area contributed by atoms with Crippen molar-refractivity contribution in [1.29, 1.82) is 0 Å². The molecule has 2 rings (SSSR count). The summed E-state index contributed by atoms with van der Waals surface area (Å²) in [7, 11) is 0. The van der Waals surface area contributed by atoms with E-state index in [2.05, 4.69) is 31.6 Å². The fourth-order valence-electron chi connectivity index (χ4n) is 2.13. The Bertz CT molecular complexity index is 906. The summed E-state index contributed by atoms with van der Waals surface area (Å²) in [5.41, 5.74) is 3.68. The van der Waals surface area contributed by atoms with Gasteiger partial charge in [-0.15, -0.1) is 0 Å². The van der Waals surface area contributed by atoms with Crippen LogP contribution in [0.25, 0.3) is 11.3 Å². The number of carbonyl (C=O) groups is 2. The lowest BCUT2D eigenvalue weighted by Crippen LogP contribution is -2.31. The molecule has 1 aromatic carbocycles. The van der Waals surface area contributed by atoms with Gasteiger partial charge in [0.1, 0.15) is 6.54 Å². The maximum absolute atomic E-state index is 12.0. The Balaban J connectivity index is 2.05. The zero-order valence-electron chi connectivity index (χ0n) is 14.9. The van der Waals surface area contributed by atoms with Crippen LogP contribution in [-0.2, 0) is 20.9 Å². The number of amides is 1. The van der Waals surface area contributed by atoms with Crippen LogP contribution in [0.4, 0.5) is 0 Å². The monoisotopic (exact) mass is 434 g/mol. The zero-order valence-corrected chi connectivity index (χ0v) is 16.5. The van der Waals surface area contributed by atoms with Gasteiger partial charge in [0, 0.05) is 21.8 Å². The van der Waals surface area contributed by atoms with E-state index in [-0.39, 0.29) is 19.6 Å². The molecule has 0 saturated carbocycles. The third-order valence-corrected chi connectivity index (χ3v) is 3.91. The van der Waals surface area contributed by atoms with E-state index in [1.54, 1.807) is 19.9 Å². The lowest BCUT2D eigenvalue weighted by Gasteiger charge is -2.07. The Hall–Kier alpha value is -2.81. The van der Waals surface area contributed by atoms with Gasteiger partial charge < -0.3 is 4.74 Å². The lowest BCUT2D eigenvalue weighted by molar-refractivity contribution is -0.141. The minimum Gasteiger partial charge on any atom is -0.466 e. The second-order valence-electron chi connectivity index (χ2n) is 5.59. The number of nitrogens with zero attached hydrogens (tertiary/aromatic N) is 3. The van der Waals surface area contributed by atoms with Crippen LogP contribution in [0.15, 0.2) is 50.8 Å². The minimum absolute atomic E-state index is 0.0225. The molecule has 0 aliphatic rings. The summed E-state index contributed by atoms with van der Waals surface area (Å²) in [6, 6.07) is 10.4. The predicted octanol–water partition coefficient (Wildman–Crippen LogP) is 2.12. The van der Waals surface area contributed by atoms with Gasteiger partial charge in [-0.2, -0.15) is 10.2 Å². The first-order valence-corrected chi connectivity index (χ1v) is 9.00. The van der Waals surface area contributed by atoms with Gasteiger partial charge >= 0.3 is 5.97 Å². The molecular weight excluding hydrogens is 416 g/mol. The van der Waals surface area contributed by atoms with Gasteiger partial charge in [-0.1, -0.05) is 28.1 Å². The second kappa shape index (κ2) is 9.77. The SMILES string of the molecule is CCOC(=O)C/C(C)=N/NC(=O)Cn1nc(-c2ccc(Br)cc2)ccc1=O. The van der Waals surface area contributed by atoms with Crippen molar-refractivity contribution >= 4 is 33.5 Å². The normalized spacial score (nSPS) is 11.1. The van der Waals surface area contributed by atoms with Gasteiger partial charge in [0.15, 0.2) is 0 Å².